The van der Waals surface area contributed by atoms with Gasteiger partial charge in [-0.05, 0) is 42.3 Å². The number of hydrogen-bond donors (Lipinski definition) is 2. The molecule has 0 aliphatic carbocycles. The van der Waals surface area contributed by atoms with Gasteiger partial charge in [-0.25, -0.2) is 4.79 Å². The second-order valence-electron chi connectivity index (χ2n) is 8.12. The van der Waals surface area contributed by atoms with Crippen LogP contribution in [0.4, 0.5) is 0 Å². The Balaban J connectivity index is 1.58. The Bertz CT molecular complexity index is 1470. The molecule has 1 aliphatic heterocycles. The van der Waals surface area contributed by atoms with Crippen LogP contribution in [0.15, 0.2) is 95.1 Å². The van der Waals surface area contributed by atoms with E-state index in [4.69, 9.17) is 19.9 Å². The lowest BCUT2D eigenvalue weighted by molar-refractivity contribution is -0.139. The Morgan fingerprint density at radius 2 is 1.71 bits per heavy atom. The Hall–Kier alpha value is -4.52. The van der Waals surface area contributed by atoms with E-state index in [-0.39, 0.29) is 23.6 Å². The normalized spacial score (nSPS) is 14.8. The van der Waals surface area contributed by atoms with E-state index in [9.17, 15) is 9.59 Å². The van der Waals surface area contributed by atoms with Crippen LogP contribution in [0.5, 0.6) is 11.5 Å². The Morgan fingerprint density at radius 1 is 1.00 bits per heavy atom. The number of benzene rings is 3. The fourth-order valence-corrected chi connectivity index (χ4v) is 4.31. The highest BCUT2D eigenvalue weighted by Gasteiger charge is 2.38. The third-order valence-electron chi connectivity index (χ3n) is 5.92. The molecule has 1 unspecified atom stereocenters. The summed E-state index contributed by atoms with van der Waals surface area (Å²) in [5.41, 5.74) is 8.65. The Kier molecular flexibility index (Phi) is 5.97. The molecule has 0 saturated heterocycles. The second-order valence-corrected chi connectivity index (χ2v) is 8.12. The Labute approximate surface area is 201 Å². The molecule has 4 aromatic rings. The van der Waals surface area contributed by atoms with Gasteiger partial charge in [0.15, 0.2) is 0 Å². The summed E-state index contributed by atoms with van der Waals surface area (Å²) in [4.78, 5) is 29.1. The molecule has 0 amide bonds. The zero-order chi connectivity index (χ0) is 24.4. The lowest BCUT2D eigenvalue weighted by Gasteiger charge is -2.28. The van der Waals surface area contributed by atoms with Crippen molar-refractivity contribution in [1.29, 1.82) is 0 Å². The van der Waals surface area contributed by atoms with E-state index in [1.165, 1.54) is 0 Å². The topological polar surface area (TPSA) is 104 Å². The van der Waals surface area contributed by atoms with E-state index < -0.39 is 11.9 Å². The zero-order valence-corrected chi connectivity index (χ0v) is 19.1. The molecule has 0 saturated carbocycles. The van der Waals surface area contributed by atoms with Gasteiger partial charge in [-0.15, -0.1) is 0 Å². The molecule has 3 N–H and O–H groups in total. The van der Waals surface area contributed by atoms with E-state index in [1.807, 2.05) is 72.8 Å². The predicted molar refractivity (Wildman–Crippen MR) is 132 cm³/mol. The van der Waals surface area contributed by atoms with Gasteiger partial charge in [-0.3, -0.25) is 4.79 Å². The van der Waals surface area contributed by atoms with Crippen LogP contribution in [0.25, 0.3) is 10.9 Å². The highest BCUT2D eigenvalue weighted by atomic mass is 16.5. The molecule has 35 heavy (non-hydrogen) atoms. The molecular formula is C28H24N2O5. The van der Waals surface area contributed by atoms with Gasteiger partial charge in [-0.2, -0.15) is 0 Å². The first kappa shape index (κ1) is 22.3. The smallest absolute Gasteiger partial charge is 0.340 e. The Morgan fingerprint density at radius 3 is 2.46 bits per heavy atom. The van der Waals surface area contributed by atoms with Gasteiger partial charge < -0.3 is 24.9 Å². The standard InChI is InChI=1S/C28H24N2O5/c1-2-33-28(32)24-22(18-12-14-19(15-13-18)34-16-17-8-4-3-5-9-17)23-25(35-26(24)29)20-10-6-7-11-21(20)30-27(23)31/h3-15,22H,2,16,29H2,1H3,(H,30,31). The second kappa shape index (κ2) is 9.38. The summed E-state index contributed by atoms with van der Waals surface area (Å²) in [5.74, 6) is -0.482. The number of esters is 1. The summed E-state index contributed by atoms with van der Waals surface area (Å²) in [6.07, 6.45) is 0. The van der Waals surface area contributed by atoms with Crippen molar-refractivity contribution in [2.24, 2.45) is 5.73 Å². The predicted octanol–water partition coefficient (Wildman–Crippen LogP) is 4.36. The highest BCUT2D eigenvalue weighted by Crippen LogP contribution is 2.43. The van der Waals surface area contributed by atoms with Crippen molar-refractivity contribution in [3.05, 3.63) is 117 Å². The van der Waals surface area contributed by atoms with Crippen molar-refractivity contribution in [1.82, 2.24) is 4.98 Å². The number of nitrogens with one attached hydrogen (secondary N) is 1. The van der Waals surface area contributed by atoms with Crippen molar-refractivity contribution in [2.75, 3.05) is 6.61 Å². The van der Waals surface area contributed by atoms with Gasteiger partial charge in [0.05, 0.1) is 23.6 Å². The van der Waals surface area contributed by atoms with E-state index >= 15 is 0 Å². The number of rotatable bonds is 6. The molecule has 7 nitrogen and oxygen atoms in total. The molecule has 0 bridgehead atoms. The van der Waals surface area contributed by atoms with Gasteiger partial charge in [0.1, 0.15) is 23.7 Å². The molecule has 3 aromatic carbocycles. The lowest BCUT2D eigenvalue weighted by Crippen LogP contribution is -2.32. The number of nitrogens with two attached hydrogens (primary N) is 1. The average Bonchev–Trinajstić information content (AvgIpc) is 2.88. The number of para-hydroxylation sites is 1. The molecule has 0 spiro atoms. The number of aromatic amines is 1. The number of fused-ring (bicyclic) bond motifs is 3. The van der Waals surface area contributed by atoms with Crippen molar-refractivity contribution in [3.63, 3.8) is 0 Å². The summed E-state index contributed by atoms with van der Waals surface area (Å²) in [6.45, 7) is 2.29. The first-order valence-corrected chi connectivity index (χ1v) is 11.3. The molecule has 1 aliphatic rings. The van der Waals surface area contributed by atoms with Gasteiger partial charge in [0, 0.05) is 5.39 Å². The summed E-state index contributed by atoms with van der Waals surface area (Å²) in [5, 5.41) is 0.695. The number of ether oxygens (including phenoxy) is 3. The number of hydrogen-bond acceptors (Lipinski definition) is 6. The third-order valence-corrected chi connectivity index (χ3v) is 5.92. The molecule has 2 heterocycles. The summed E-state index contributed by atoms with van der Waals surface area (Å²) in [6, 6.07) is 24.4. The molecule has 1 atom stereocenters. The summed E-state index contributed by atoms with van der Waals surface area (Å²) >= 11 is 0. The monoisotopic (exact) mass is 468 g/mol. The van der Waals surface area contributed by atoms with E-state index in [0.717, 1.165) is 5.56 Å². The lowest BCUT2D eigenvalue weighted by atomic mass is 9.83. The van der Waals surface area contributed by atoms with Crippen molar-refractivity contribution < 1.29 is 19.0 Å². The molecule has 176 valence electrons. The maximum atomic E-state index is 13.2. The van der Waals surface area contributed by atoms with Gasteiger partial charge in [0.25, 0.3) is 5.56 Å². The first-order valence-electron chi connectivity index (χ1n) is 11.3. The van der Waals surface area contributed by atoms with E-state index in [0.29, 0.717) is 40.1 Å². The van der Waals surface area contributed by atoms with Crippen LogP contribution in [0.3, 0.4) is 0 Å². The number of pyridine rings is 1. The van der Waals surface area contributed by atoms with Crippen LogP contribution in [-0.2, 0) is 16.1 Å². The number of H-pyrrole nitrogens is 1. The minimum atomic E-state index is -0.769. The minimum Gasteiger partial charge on any atom is -0.489 e. The molecule has 5 rings (SSSR count). The SMILES string of the molecule is CCOC(=O)C1=C(N)Oc2c(c(=O)[nH]c3ccccc23)C1c1ccc(OCc2ccccc2)cc1. The summed E-state index contributed by atoms with van der Waals surface area (Å²) < 4.78 is 17.0. The van der Waals surface area contributed by atoms with Crippen LogP contribution < -0.4 is 20.8 Å². The summed E-state index contributed by atoms with van der Waals surface area (Å²) in [7, 11) is 0. The highest BCUT2D eigenvalue weighted by molar-refractivity contribution is 5.95. The van der Waals surface area contributed by atoms with Crippen LogP contribution in [0, 0.1) is 0 Å². The van der Waals surface area contributed by atoms with E-state index in [1.54, 1.807) is 13.0 Å². The molecule has 0 radical (unpaired) electrons. The molecule has 7 heteroatoms. The van der Waals surface area contributed by atoms with Gasteiger partial charge in [0.2, 0.25) is 5.88 Å². The van der Waals surface area contributed by atoms with Crippen LogP contribution in [0.2, 0.25) is 0 Å². The maximum absolute atomic E-state index is 13.2. The quantitative estimate of drug-likeness (QED) is 0.408. The number of aromatic nitrogens is 1. The molecule has 0 fully saturated rings. The molecule has 1 aromatic heterocycles. The van der Waals surface area contributed by atoms with Gasteiger partial charge >= 0.3 is 5.97 Å². The van der Waals surface area contributed by atoms with Crippen LogP contribution in [-0.4, -0.2) is 17.6 Å². The van der Waals surface area contributed by atoms with Crippen molar-refractivity contribution in [2.45, 2.75) is 19.4 Å². The van der Waals surface area contributed by atoms with Gasteiger partial charge in [-0.1, -0.05) is 54.6 Å². The third kappa shape index (κ3) is 4.24. The molecular weight excluding hydrogens is 444 g/mol. The van der Waals surface area contributed by atoms with E-state index in [2.05, 4.69) is 4.98 Å². The first-order chi connectivity index (χ1) is 17.1. The number of carbonyl (C=O) groups excluding carboxylic acids is 1. The minimum absolute atomic E-state index is 0.0823. The fourth-order valence-electron chi connectivity index (χ4n) is 4.31. The van der Waals surface area contributed by atoms with Crippen molar-refractivity contribution in [3.8, 4) is 11.5 Å². The van der Waals surface area contributed by atoms with Crippen LogP contribution in [0.1, 0.15) is 29.5 Å². The fraction of sp³-hybridized carbons (Fsp3) is 0.143. The zero-order valence-electron chi connectivity index (χ0n) is 19.1. The average molecular weight is 469 g/mol. The van der Waals surface area contributed by atoms with Crippen molar-refractivity contribution >= 4 is 16.9 Å². The maximum Gasteiger partial charge on any atom is 0.340 e. The van der Waals surface area contributed by atoms with Crippen LogP contribution >= 0.6 is 0 Å². The number of carbonyl (C=O) groups is 1. The largest absolute Gasteiger partial charge is 0.489 e.